The van der Waals surface area contributed by atoms with Gasteiger partial charge in [0.15, 0.2) is 0 Å². The molecule has 1 saturated carbocycles. The second kappa shape index (κ2) is 6.34. The minimum atomic E-state index is -0.825. The van der Waals surface area contributed by atoms with Crippen LogP contribution in [0.2, 0.25) is 0 Å². The minimum Gasteiger partial charge on any atom is -0.385 e. The van der Waals surface area contributed by atoms with Crippen LogP contribution in [0.1, 0.15) is 41.6 Å². The number of carbonyl (C=O) groups excluding carboxylic acids is 1. The van der Waals surface area contributed by atoms with Gasteiger partial charge in [0.2, 0.25) is 0 Å². The van der Waals surface area contributed by atoms with Gasteiger partial charge in [-0.05, 0) is 31.2 Å². The molecule has 0 saturated heterocycles. The van der Waals surface area contributed by atoms with Crippen LogP contribution in [0.5, 0.6) is 0 Å². The van der Waals surface area contributed by atoms with Crippen LogP contribution in [0, 0.1) is 0 Å². The van der Waals surface area contributed by atoms with Crippen molar-refractivity contribution in [3.8, 4) is 0 Å². The standard InChI is InChI=1S/C17H19N3O3/c21-15-10-12(11-18-20-15)16(22)19-14-6-8-17(23,9-7-14)13-4-2-1-3-5-13/h1-5,10-11,14,23H,6-9H2,(H,19,22)(H,20,21). The number of aliphatic hydroxyl groups is 1. The number of hydrogen-bond acceptors (Lipinski definition) is 4. The van der Waals surface area contributed by atoms with E-state index in [2.05, 4.69) is 15.5 Å². The summed E-state index contributed by atoms with van der Waals surface area (Å²) in [7, 11) is 0. The first-order valence-corrected chi connectivity index (χ1v) is 7.70. The molecule has 120 valence electrons. The third-order valence-corrected chi connectivity index (χ3v) is 4.39. The number of hydrogen-bond donors (Lipinski definition) is 3. The van der Waals surface area contributed by atoms with Crippen molar-refractivity contribution in [2.24, 2.45) is 0 Å². The Balaban J connectivity index is 1.61. The molecule has 6 nitrogen and oxygen atoms in total. The predicted molar refractivity (Wildman–Crippen MR) is 84.9 cm³/mol. The van der Waals surface area contributed by atoms with Crippen LogP contribution in [-0.4, -0.2) is 27.3 Å². The van der Waals surface area contributed by atoms with Crippen molar-refractivity contribution in [1.29, 1.82) is 0 Å². The lowest BCUT2D eigenvalue weighted by atomic mass is 9.78. The van der Waals surface area contributed by atoms with E-state index in [1.807, 2.05) is 30.3 Å². The number of aromatic amines is 1. The van der Waals surface area contributed by atoms with Gasteiger partial charge in [-0.2, -0.15) is 5.10 Å². The number of nitrogens with one attached hydrogen (secondary N) is 2. The van der Waals surface area contributed by atoms with Gasteiger partial charge in [0, 0.05) is 12.1 Å². The molecule has 0 unspecified atom stereocenters. The van der Waals surface area contributed by atoms with E-state index < -0.39 is 11.2 Å². The summed E-state index contributed by atoms with van der Waals surface area (Å²) in [6.45, 7) is 0. The zero-order chi connectivity index (χ0) is 16.3. The molecular weight excluding hydrogens is 294 g/mol. The van der Waals surface area contributed by atoms with Gasteiger partial charge in [-0.3, -0.25) is 9.59 Å². The Labute approximate surface area is 133 Å². The van der Waals surface area contributed by atoms with E-state index in [0.717, 1.165) is 5.56 Å². The van der Waals surface area contributed by atoms with Crippen LogP contribution >= 0.6 is 0 Å². The molecule has 1 amide bonds. The maximum absolute atomic E-state index is 12.1. The number of H-pyrrole nitrogens is 1. The monoisotopic (exact) mass is 313 g/mol. The molecule has 0 spiro atoms. The van der Waals surface area contributed by atoms with Gasteiger partial charge in [0.1, 0.15) is 0 Å². The Hall–Kier alpha value is -2.47. The molecule has 1 fully saturated rings. The number of amides is 1. The molecule has 1 aromatic carbocycles. The van der Waals surface area contributed by atoms with Crippen LogP contribution < -0.4 is 10.9 Å². The Morgan fingerprint density at radius 1 is 1.26 bits per heavy atom. The topological polar surface area (TPSA) is 95.1 Å². The van der Waals surface area contributed by atoms with E-state index >= 15 is 0 Å². The van der Waals surface area contributed by atoms with Gasteiger partial charge < -0.3 is 10.4 Å². The molecule has 23 heavy (non-hydrogen) atoms. The molecule has 0 bridgehead atoms. The van der Waals surface area contributed by atoms with Crippen LogP contribution in [0.15, 0.2) is 47.4 Å². The van der Waals surface area contributed by atoms with E-state index in [9.17, 15) is 14.7 Å². The first kappa shape index (κ1) is 15.4. The second-order valence-corrected chi connectivity index (χ2v) is 5.98. The lowest BCUT2D eigenvalue weighted by Crippen LogP contribution is -2.42. The summed E-state index contributed by atoms with van der Waals surface area (Å²) in [4.78, 5) is 23.3. The van der Waals surface area contributed by atoms with E-state index in [1.165, 1.54) is 12.3 Å². The van der Waals surface area contributed by atoms with Gasteiger partial charge >= 0.3 is 0 Å². The number of nitrogens with zero attached hydrogens (tertiary/aromatic N) is 1. The first-order chi connectivity index (χ1) is 11.1. The molecule has 6 heteroatoms. The fourth-order valence-electron chi connectivity index (χ4n) is 3.05. The van der Waals surface area contributed by atoms with Gasteiger partial charge in [-0.1, -0.05) is 30.3 Å². The summed E-state index contributed by atoms with van der Waals surface area (Å²) < 4.78 is 0. The molecule has 0 radical (unpaired) electrons. The van der Waals surface area contributed by atoms with Crippen molar-refractivity contribution in [1.82, 2.24) is 15.5 Å². The van der Waals surface area contributed by atoms with Crippen LogP contribution in [0.4, 0.5) is 0 Å². The quantitative estimate of drug-likeness (QED) is 0.796. The smallest absolute Gasteiger partial charge is 0.264 e. The third-order valence-electron chi connectivity index (χ3n) is 4.39. The molecule has 1 aromatic heterocycles. The summed E-state index contributed by atoms with van der Waals surface area (Å²) in [5.41, 5.74) is -0.0607. The van der Waals surface area contributed by atoms with Crippen molar-refractivity contribution < 1.29 is 9.90 Å². The highest BCUT2D eigenvalue weighted by atomic mass is 16.3. The molecule has 1 aliphatic rings. The maximum Gasteiger partial charge on any atom is 0.264 e. The molecular formula is C17H19N3O3. The summed E-state index contributed by atoms with van der Waals surface area (Å²) >= 11 is 0. The summed E-state index contributed by atoms with van der Waals surface area (Å²) in [5, 5.41) is 19.6. The normalized spacial score (nSPS) is 24.1. The zero-order valence-corrected chi connectivity index (χ0v) is 12.7. The van der Waals surface area contributed by atoms with Crippen molar-refractivity contribution in [3.05, 3.63) is 64.1 Å². The van der Waals surface area contributed by atoms with E-state index in [1.54, 1.807) is 0 Å². The average molecular weight is 313 g/mol. The number of benzene rings is 1. The summed E-state index contributed by atoms with van der Waals surface area (Å²) in [6.07, 6.45) is 3.90. The molecule has 2 aromatic rings. The highest BCUT2D eigenvalue weighted by Gasteiger charge is 2.35. The fourth-order valence-corrected chi connectivity index (χ4v) is 3.05. The van der Waals surface area contributed by atoms with Gasteiger partial charge in [0.25, 0.3) is 11.5 Å². The molecule has 1 heterocycles. The average Bonchev–Trinajstić information content (AvgIpc) is 2.58. The summed E-state index contributed by atoms with van der Waals surface area (Å²) in [5.74, 6) is -0.307. The Kier molecular flexibility index (Phi) is 4.25. The first-order valence-electron chi connectivity index (χ1n) is 7.70. The number of rotatable bonds is 3. The van der Waals surface area contributed by atoms with E-state index in [0.29, 0.717) is 25.7 Å². The van der Waals surface area contributed by atoms with Crippen molar-refractivity contribution in [2.45, 2.75) is 37.3 Å². The molecule has 0 aliphatic heterocycles. The lowest BCUT2D eigenvalue weighted by molar-refractivity contribution is -0.00803. The zero-order valence-electron chi connectivity index (χ0n) is 12.7. The lowest BCUT2D eigenvalue weighted by Gasteiger charge is -2.36. The van der Waals surface area contributed by atoms with E-state index in [4.69, 9.17) is 0 Å². The Bertz CT molecular complexity index is 734. The van der Waals surface area contributed by atoms with Crippen molar-refractivity contribution >= 4 is 5.91 Å². The Morgan fingerprint density at radius 2 is 1.96 bits per heavy atom. The molecule has 3 N–H and O–H groups in total. The molecule has 0 atom stereocenters. The van der Waals surface area contributed by atoms with Crippen molar-refractivity contribution in [2.75, 3.05) is 0 Å². The maximum atomic E-state index is 12.1. The van der Waals surface area contributed by atoms with Crippen molar-refractivity contribution in [3.63, 3.8) is 0 Å². The van der Waals surface area contributed by atoms with Crippen LogP contribution in [0.3, 0.4) is 0 Å². The minimum absolute atomic E-state index is 0.00854. The van der Waals surface area contributed by atoms with Gasteiger partial charge in [-0.25, -0.2) is 5.10 Å². The highest BCUT2D eigenvalue weighted by Crippen LogP contribution is 2.36. The highest BCUT2D eigenvalue weighted by molar-refractivity contribution is 5.93. The fraction of sp³-hybridized carbons (Fsp3) is 0.353. The largest absolute Gasteiger partial charge is 0.385 e. The van der Waals surface area contributed by atoms with Crippen LogP contribution in [0.25, 0.3) is 0 Å². The molecule has 3 rings (SSSR count). The Morgan fingerprint density at radius 3 is 2.61 bits per heavy atom. The second-order valence-electron chi connectivity index (χ2n) is 5.98. The number of carbonyl (C=O) groups is 1. The van der Waals surface area contributed by atoms with Crippen LogP contribution in [-0.2, 0) is 5.60 Å². The molecule has 1 aliphatic carbocycles. The van der Waals surface area contributed by atoms with E-state index in [-0.39, 0.29) is 17.5 Å². The SMILES string of the molecule is O=C(NC1CCC(O)(c2ccccc2)CC1)c1cn[nH]c(=O)c1. The predicted octanol–water partition coefficient (Wildman–Crippen LogP) is 1.33. The van der Waals surface area contributed by atoms with Gasteiger partial charge in [0.05, 0.1) is 17.4 Å². The van der Waals surface area contributed by atoms with Gasteiger partial charge in [-0.15, -0.1) is 0 Å². The summed E-state index contributed by atoms with van der Waals surface area (Å²) in [6, 6.07) is 10.8. The third kappa shape index (κ3) is 3.48. The number of aromatic nitrogens is 2.